The van der Waals surface area contributed by atoms with Gasteiger partial charge in [-0.05, 0) is 32.5 Å². The Balaban J connectivity index is 1.90. The molecule has 104 valence electrons. The summed E-state index contributed by atoms with van der Waals surface area (Å²) in [6.45, 7) is 1.62. The van der Waals surface area contributed by atoms with Crippen LogP contribution in [-0.2, 0) is 11.2 Å². The molecule has 1 aliphatic rings. The lowest BCUT2D eigenvalue weighted by molar-refractivity contribution is -0.131. The minimum atomic E-state index is -0.427. The molecule has 2 atom stereocenters. The second-order valence-electron chi connectivity index (χ2n) is 5.49. The van der Waals surface area contributed by atoms with Gasteiger partial charge >= 0.3 is 0 Å². The predicted molar refractivity (Wildman–Crippen MR) is 76.8 cm³/mol. The average molecular weight is 261 g/mol. The van der Waals surface area contributed by atoms with E-state index >= 15 is 0 Å². The van der Waals surface area contributed by atoms with Crippen LogP contribution in [0.3, 0.4) is 0 Å². The van der Waals surface area contributed by atoms with Gasteiger partial charge in [0.15, 0.2) is 0 Å². The highest BCUT2D eigenvalue weighted by Gasteiger charge is 2.30. The van der Waals surface area contributed by atoms with Crippen LogP contribution >= 0.6 is 0 Å². The van der Waals surface area contributed by atoms with Crippen molar-refractivity contribution >= 4 is 5.91 Å². The van der Waals surface area contributed by atoms with Crippen molar-refractivity contribution in [2.75, 3.05) is 27.2 Å². The van der Waals surface area contributed by atoms with Crippen molar-refractivity contribution in [1.82, 2.24) is 9.80 Å². The molecule has 1 aromatic carbocycles. The van der Waals surface area contributed by atoms with Crippen LogP contribution < -0.4 is 5.73 Å². The summed E-state index contributed by atoms with van der Waals surface area (Å²) in [5.74, 6) is 0.0770. The SMILES string of the molecule is CN(C)[C@H]1CCN(C(=O)[C@H](N)Cc2ccccc2)C1. The highest BCUT2D eigenvalue weighted by molar-refractivity contribution is 5.82. The molecule has 0 bridgehead atoms. The quantitative estimate of drug-likeness (QED) is 0.869. The van der Waals surface area contributed by atoms with Crippen molar-refractivity contribution < 1.29 is 4.79 Å². The van der Waals surface area contributed by atoms with Crippen molar-refractivity contribution in [3.63, 3.8) is 0 Å². The maximum Gasteiger partial charge on any atom is 0.239 e. The molecular formula is C15H23N3O. The summed E-state index contributed by atoms with van der Waals surface area (Å²) in [6, 6.07) is 9.99. The van der Waals surface area contributed by atoms with Gasteiger partial charge in [-0.25, -0.2) is 0 Å². The normalized spacial score (nSPS) is 20.8. The van der Waals surface area contributed by atoms with Crippen LogP contribution in [0, 0.1) is 0 Å². The molecule has 4 heteroatoms. The van der Waals surface area contributed by atoms with Crippen LogP contribution in [0.4, 0.5) is 0 Å². The standard InChI is InChI=1S/C15H23N3O/c1-17(2)13-8-9-18(11-13)15(19)14(16)10-12-6-4-3-5-7-12/h3-7,13-14H,8-11,16H2,1-2H3/t13-,14+/m0/s1. The number of carbonyl (C=O) groups is 1. The van der Waals surface area contributed by atoms with E-state index in [9.17, 15) is 4.79 Å². The van der Waals surface area contributed by atoms with E-state index in [0.717, 1.165) is 25.1 Å². The molecule has 0 spiro atoms. The summed E-state index contributed by atoms with van der Waals surface area (Å²) in [5, 5.41) is 0. The minimum Gasteiger partial charge on any atom is -0.340 e. The van der Waals surface area contributed by atoms with Crippen LogP contribution in [0.25, 0.3) is 0 Å². The number of hydrogen-bond donors (Lipinski definition) is 1. The Hall–Kier alpha value is -1.39. The number of rotatable bonds is 4. The van der Waals surface area contributed by atoms with Crippen molar-refractivity contribution in [3.05, 3.63) is 35.9 Å². The van der Waals surface area contributed by atoms with Gasteiger partial charge in [0.05, 0.1) is 6.04 Å². The van der Waals surface area contributed by atoms with Gasteiger partial charge in [-0.15, -0.1) is 0 Å². The molecule has 2 N–H and O–H groups in total. The molecule has 1 saturated heterocycles. The Labute approximate surface area is 115 Å². The Morgan fingerprint density at radius 2 is 2.11 bits per heavy atom. The predicted octanol–water partition coefficient (Wildman–Crippen LogP) is 0.719. The Morgan fingerprint density at radius 1 is 1.42 bits per heavy atom. The highest BCUT2D eigenvalue weighted by Crippen LogP contribution is 2.15. The molecule has 0 unspecified atom stereocenters. The summed E-state index contributed by atoms with van der Waals surface area (Å²) >= 11 is 0. The van der Waals surface area contributed by atoms with E-state index in [1.165, 1.54) is 0 Å². The topological polar surface area (TPSA) is 49.6 Å². The maximum atomic E-state index is 12.3. The number of benzene rings is 1. The first-order valence-corrected chi connectivity index (χ1v) is 6.82. The number of carbonyl (C=O) groups excluding carboxylic acids is 1. The third kappa shape index (κ3) is 3.55. The van der Waals surface area contributed by atoms with Crippen LogP contribution in [0.15, 0.2) is 30.3 Å². The average Bonchev–Trinajstić information content (AvgIpc) is 2.88. The number of likely N-dealkylation sites (N-methyl/N-ethyl adjacent to an activating group) is 1. The number of nitrogens with two attached hydrogens (primary N) is 1. The van der Waals surface area contributed by atoms with Gasteiger partial charge in [0, 0.05) is 19.1 Å². The van der Waals surface area contributed by atoms with Crippen molar-refractivity contribution in [2.45, 2.75) is 24.9 Å². The smallest absolute Gasteiger partial charge is 0.239 e. The maximum absolute atomic E-state index is 12.3. The van der Waals surface area contributed by atoms with Gasteiger partial charge in [-0.3, -0.25) is 4.79 Å². The van der Waals surface area contributed by atoms with Crippen LogP contribution in [0.2, 0.25) is 0 Å². The van der Waals surface area contributed by atoms with E-state index in [2.05, 4.69) is 19.0 Å². The third-order valence-electron chi connectivity index (χ3n) is 3.82. The fourth-order valence-corrected chi connectivity index (χ4v) is 2.55. The molecule has 19 heavy (non-hydrogen) atoms. The number of hydrogen-bond acceptors (Lipinski definition) is 3. The monoisotopic (exact) mass is 261 g/mol. The van der Waals surface area contributed by atoms with E-state index in [1.807, 2.05) is 35.2 Å². The minimum absolute atomic E-state index is 0.0770. The number of likely N-dealkylation sites (tertiary alicyclic amines) is 1. The molecule has 1 fully saturated rings. The zero-order valence-electron chi connectivity index (χ0n) is 11.7. The zero-order valence-corrected chi connectivity index (χ0v) is 11.7. The van der Waals surface area contributed by atoms with E-state index < -0.39 is 6.04 Å². The van der Waals surface area contributed by atoms with E-state index in [0.29, 0.717) is 12.5 Å². The van der Waals surface area contributed by atoms with Crippen molar-refractivity contribution in [3.8, 4) is 0 Å². The van der Waals surface area contributed by atoms with E-state index in [-0.39, 0.29) is 5.91 Å². The Morgan fingerprint density at radius 3 is 2.68 bits per heavy atom. The first kappa shape index (κ1) is 14.0. The summed E-state index contributed by atoms with van der Waals surface area (Å²) in [4.78, 5) is 16.4. The van der Waals surface area contributed by atoms with Gasteiger partial charge in [-0.2, -0.15) is 0 Å². The lowest BCUT2D eigenvalue weighted by atomic mass is 10.1. The van der Waals surface area contributed by atoms with Crippen LogP contribution in [0.1, 0.15) is 12.0 Å². The van der Waals surface area contributed by atoms with Crippen LogP contribution in [-0.4, -0.2) is 55.0 Å². The second-order valence-corrected chi connectivity index (χ2v) is 5.49. The summed E-state index contributed by atoms with van der Waals surface area (Å²) in [5.41, 5.74) is 7.16. The number of amides is 1. The molecule has 0 aromatic heterocycles. The molecule has 1 heterocycles. The Bertz CT molecular complexity index is 419. The zero-order chi connectivity index (χ0) is 13.8. The first-order valence-electron chi connectivity index (χ1n) is 6.82. The Kier molecular flexibility index (Phi) is 4.56. The van der Waals surface area contributed by atoms with E-state index in [4.69, 9.17) is 5.73 Å². The molecule has 0 radical (unpaired) electrons. The number of nitrogens with zero attached hydrogens (tertiary/aromatic N) is 2. The molecule has 0 aliphatic carbocycles. The molecule has 1 aromatic rings. The lowest BCUT2D eigenvalue weighted by Gasteiger charge is -2.23. The van der Waals surface area contributed by atoms with Gasteiger partial charge in [-0.1, -0.05) is 30.3 Å². The largest absolute Gasteiger partial charge is 0.340 e. The third-order valence-corrected chi connectivity index (χ3v) is 3.82. The molecular weight excluding hydrogens is 238 g/mol. The molecule has 4 nitrogen and oxygen atoms in total. The fourth-order valence-electron chi connectivity index (χ4n) is 2.55. The van der Waals surface area contributed by atoms with Crippen molar-refractivity contribution in [2.24, 2.45) is 5.73 Å². The molecule has 0 saturated carbocycles. The van der Waals surface area contributed by atoms with Gasteiger partial charge in [0.2, 0.25) is 5.91 Å². The van der Waals surface area contributed by atoms with Gasteiger partial charge in [0.25, 0.3) is 0 Å². The molecule has 1 amide bonds. The van der Waals surface area contributed by atoms with E-state index in [1.54, 1.807) is 0 Å². The molecule has 2 rings (SSSR count). The fraction of sp³-hybridized carbons (Fsp3) is 0.533. The first-order chi connectivity index (χ1) is 9.08. The van der Waals surface area contributed by atoms with Gasteiger partial charge in [0.1, 0.15) is 0 Å². The highest BCUT2D eigenvalue weighted by atomic mass is 16.2. The van der Waals surface area contributed by atoms with Crippen LogP contribution in [0.5, 0.6) is 0 Å². The summed E-state index contributed by atoms with van der Waals surface area (Å²) in [6.07, 6.45) is 1.65. The summed E-state index contributed by atoms with van der Waals surface area (Å²) in [7, 11) is 4.12. The van der Waals surface area contributed by atoms with Gasteiger partial charge < -0.3 is 15.5 Å². The molecule has 1 aliphatic heterocycles. The lowest BCUT2D eigenvalue weighted by Crippen LogP contribution is -2.45. The summed E-state index contributed by atoms with van der Waals surface area (Å²) < 4.78 is 0. The van der Waals surface area contributed by atoms with Crippen molar-refractivity contribution in [1.29, 1.82) is 0 Å². The second kappa shape index (κ2) is 6.17.